The van der Waals surface area contributed by atoms with Crippen LogP contribution in [0.4, 0.5) is 9.59 Å². The molecule has 4 rings (SSSR count). The molecule has 3 amide bonds. The number of allylic oxidation sites excluding steroid dienone is 1. The molecule has 0 saturated carbocycles. The average Bonchev–Trinajstić information content (AvgIpc) is 3.66. The van der Waals surface area contributed by atoms with Crippen LogP contribution in [0.5, 0.6) is 5.75 Å². The SMILES string of the molecule is COC(=O)C1CCCN1C(=O)C(NC(=O)OCCCC=Cc1c2c(cc3c1SCO3)CN(C(=O)O)C2)C(C)(C)C. The van der Waals surface area contributed by atoms with E-state index in [1.54, 1.807) is 11.8 Å². The van der Waals surface area contributed by atoms with Crippen molar-refractivity contribution in [3.63, 3.8) is 0 Å². The lowest BCUT2D eigenvalue weighted by atomic mass is 9.85. The predicted molar refractivity (Wildman–Crippen MR) is 148 cm³/mol. The van der Waals surface area contributed by atoms with Crippen molar-refractivity contribution in [1.29, 1.82) is 0 Å². The highest BCUT2D eigenvalue weighted by atomic mass is 32.2. The number of fused-ring (bicyclic) bond motifs is 2. The molecule has 0 spiro atoms. The standard InChI is InChI=1S/C28H37N3O8S/c1-28(2,3)23(24(32)31-11-8-10-20(31)25(33)37-4)29-26(34)38-12-7-5-6-9-18-19-15-30(27(35)36)14-17(19)13-21-22(18)40-16-39-21/h6,9,13,20,23H,5,7-8,10-12,14-16H2,1-4H3,(H,29,34)(H,35,36). The molecule has 1 aromatic carbocycles. The summed E-state index contributed by atoms with van der Waals surface area (Å²) in [5.41, 5.74) is 2.33. The monoisotopic (exact) mass is 575 g/mol. The lowest BCUT2D eigenvalue weighted by Gasteiger charge is -2.34. The van der Waals surface area contributed by atoms with Gasteiger partial charge >= 0.3 is 18.2 Å². The summed E-state index contributed by atoms with van der Waals surface area (Å²) in [4.78, 5) is 53.4. The zero-order valence-electron chi connectivity index (χ0n) is 23.4. The minimum absolute atomic E-state index is 0.158. The van der Waals surface area contributed by atoms with Crippen LogP contribution in [0.25, 0.3) is 6.08 Å². The summed E-state index contributed by atoms with van der Waals surface area (Å²) in [5, 5.41) is 12.1. The number of nitrogens with one attached hydrogen (secondary N) is 1. The van der Waals surface area contributed by atoms with Crippen LogP contribution in [-0.4, -0.2) is 77.3 Å². The third-order valence-electron chi connectivity index (χ3n) is 7.30. The fourth-order valence-corrected chi connectivity index (χ4v) is 6.12. The third kappa shape index (κ3) is 6.48. The Hall–Kier alpha value is -3.41. The number of carbonyl (C=O) groups excluding carboxylic acids is 3. The van der Waals surface area contributed by atoms with E-state index in [9.17, 15) is 24.3 Å². The van der Waals surface area contributed by atoms with Crippen LogP contribution >= 0.6 is 11.8 Å². The molecule has 11 nitrogen and oxygen atoms in total. The first kappa shape index (κ1) is 29.6. The highest BCUT2D eigenvalue weighted by Gasteiger charge is 2.42. The normalized spacial score (nSPS) is 18.8. The Bertz CT molecular complexity index is 1190. The fourth-order valence-electron chi connectivity index (χ4n) is 5.21. The molecule has 0 aromatic heterocycles. The van der Waals surface area contributed by atoms with E-state index in [2.05, 4.69) is 5.32 Å². The molecule has 0 radical (unpaired) electrons. The number of methoxy groups -OCH3 is 1. The van der Waals surface area contributed by atoms with Gasteiger partial charge in [0.1, 0.15) is 23.8 Å². The molecule has 3 aliphatic rings. The number of carboxylic acid groups (broad SMARTS) is 1. The van der Waals surface area contributed by atoms with E-state index in [0.717, 1.165) is 27.3 Å². The van der Waals surface area contributed by atoms with Crippen molar-refractivity contribution >= 4 is 41.9 Å². The highest BCUT2D eigenvalue weighted by Crippen LogP contribution is 2.44. The van der Waals surface area contributed by atoms with Gasteiger partial charge in [0, 0.05) is 13.1 Å². The fraction of sp³-hybridized carbons (Fsp3) is 0.571. The van der Waals surface area contributed by atoms with Crippen LogP contribution < -0.4 is 10.1 Å². The summed E-state index contributed by atoms with van der Waals surface area (Å²) in [6.45, 7) is 6.81. The van der Waals surface area contributed by atoms with Crippen molar-refractivity contribution in [3.05, 3.63) is 28.8 Å². The number of ether oxygens (including phenoxy) is 3. The van der Waals surface area contributed by atoms with Crippen LogP contribution in [0.3, 0.4) is 0 Å². The van der Waals surface area contributed by atoms with Crippen molar-refractivity contribution in [2.75, 3.05) is 26.2 Å². The number of hydrogen-bond donors (Lipinski definition) is 2. The number of thioether (sulfide) groups is 1. The number of benzene rings is 1. The molecule has 0 bridgehead atoms. The summed E-state index contributed by atoms with van der Waals surface area (Å²) < 4.78 is 15.9. The molecule has 2 atom stereocenters. The van der Waals surface area contributed by atoms with Gasteiger partial charge in [0.15, 0.2) is 0 Å². The van der Waals surface area contributed by atoms with Gasteiger partial charge < -0.3 is 29.5 Å². The first-order chi connectivity index (χ1) is 19.0. The number of amides is 3. The Balaban J connectivity index is 1.30. The number of likely N-dealkylation sites (tertiary alicyclic amines) is 1. The topological polar surface area (TPSA) is 135 Å². The van der Waals surface area contributed by atoms with E-state index in [1.807, 2.05) is 39.0 Å². The van der Waals surface area contributed by atoms with Gasteiger partial charge in [-0.05, 0) is 53.9 Å². The second kappa shape index (κ2) is 12.4. The number of unbranched alkanes of at least 4 members (excludes halogenated alkanes) is 1. The largest absolute Gasteiger partial charge is 0.481 e. The summed E-state index contributed by atoms with van der Waals surface area (Å²) in [7, 11) is 1.30. The highest BCUT2D eigenvalue weighted by molar-refractivity contribution is 7.99. The first-order valence-corrected chi connectivity index (χ1v) is 14.4. The van der Waals surface area contributed by atoms with E-state index in [0.29, 0.717) is 51.3 Å². The molecule has 2 N–H and O–H groups in total. The molecule has 1 aromatic rings. The van der Waals surface area contributed by atoms with Gasteiger partial charge in [-0.3, -0.25) is 9.69 Å². The van der Waals surface area contributed by atoms with E-state index < -0.39 is 35.7 Å². The summed E-state index contributed by atoms with van der Waals surface area (Å²) >= 11 is 1.59. The Kier molecular flexibility index (Phi) is 9.17. The second-order valence-corrected chi connectivity index (χ2v) is 12.1. The number of alkyl carbamates (subject to hydrolysis) is 1. The van der Waals surface area contributed by atoms with Crippen molar-refractivity contribution in [1.82, 2.24) is 15.1 Å². The van der Waals surface area contributed by atoms with Gasteiger partial charge in [-0.25, -0.2) is 14.4 Å². The maximum atomic E-state index is 13.3. The Labute approximate surface area is 238 Å². The minimum atomic E-state index is -0.950. The number of carbonyl (C=O) groups is 4. The first-order valence-electron chi connectivity index (χ1n) is 13.4. The lowest BCUT2D eigenvalue weighted by Crippen LogP contribution is -2.56. The molecule has 40 heavy (non-hydrogen) atoms. The van der Waals surface area contributed by atoms with Gasteiger partial charge in [-0.1, -0.05) is 44.7 Å². The van der Waals surface area contributed by atoms with Crippen LogP contribution in [-0.2, 0) is 32.2 Å². The van der Waals surface area contributed by atoms with E-state index in [1.165, 1.54) is 16.9 Å². The van der Waals surface area contributed by atoms with Crippen molar-refractivity contribution in [2.45, 2.75) is 76.5 Å². The number of hydrogen-bond acceptors (Lipinski definition) is 8. The molecule has 1 fully saturated rings. The molecule has 218 valence electrons. The molecule has 1 saturated heterocycles. The van der Waals surface area contributed by atoms with Gasteiger partial charge in [0.2, 0.25) is 5.91 Å². The Morgan fingerprint density at radius 2 is 2.05 bits per heavy atom. The van der Waals surface area contributed by atoms with E-state index >= 15 is 0 Å². The maximum absolute atomic E-state index is 13.3. The van der Waals surface area contributed by atoms with E-state index in [-0.39, 0.29) is 12.5 Å². The zero-order valence-corrected chi connectivity index (χ0v) is 24.2. The minimum Gasteiger partial charge on any atom is -0.481 e. The van der Waals surface area contributed by atoms with Crippen molar-refractivity contribution in [3.8, 4) is 5.75 Å². The average molecular weight is 576 g/mol. The molecular formula is C28H37N3O8S. The summed E-state index contributed by atoms with van der Waals surface area (Å²) in [6.07, 6.45) is 4.77. The van der Waals surface area contributed by atoms with Crippen LogP contribution in [0.1, 0.15) is 63.1 Å². The van der Waals surface area contributed by atoms with Crippen molar-refractivity contribution < 1.29 is 38.5 Å². The predicted octanol–water partition coefficient (Wildman–Crippen LogP) is 4.22. The van der Waals surface area contributed by atoms with Crippen molar-refractivity contribution in [2.24, 2.45) is 5.41 Å². The second-order valence-electron chi connectivity index (χ2n) is 11.1. The quantitative estimate of drug-likeness (QED) is 0.345. The van der Waals surface area contributed by atoms with Gasteiger partial charge in [-0.15, -0.1) is 0 Å². The summed E-state index contributed by atoms with van der Waals surface area (Å²) in [5.74, 6) is 0.533. The Morgan fingerprint density at radius 1 is 1.27 bits per heavy atom. The molecule has 2 unspecified atom stereocenters. The van der Waals surface area contributed by atoms with Gasteiger partial charge in [0.25, 0.3) is 0 Å². The van der Waals surface area contributed by atoms with Gasteiger partial charge in [0.05, 0.1) is 25.2 Å². The molecular weight excluding hydrogens is 538 g/mol. The van der Waals surface area contributed by atoms with Crippen LogP contribution in [0.15, 0.2) is 17.0 Å². The lowest BCUT2D eigenvalue weighted by molar-refractivity contribution is -0.152. The zero-order chi connectivity index (χ0) is 29.0. The third-order valence-corrected chi connectivity index (χ3v) is 8.25. The molecule has 0 aliphatic carbocycles. The molecule has 12 heteroatoms. The van der Waals surface area contributed by atoms with Crippen LogP contribution in [0.2, 0.25) is 0 Å². The number of rotatable bonds is 8. The van der Waals surface area contributed by atoms with Crippen LogP contribution in [0, 0.1) is 5.41 Å². The number of esters is 1. The Morgan fingerprint density at radius 3 is 2.75 bits per heavy atom. The molecule has 3 aliphatic heterocycles. The smallest absolute Gasteiger partial charge is 0.407 e. The van der Waals surface area contributed by atoms with Gasteiger partial charge in [-0.2, -0.15) is 0 Å². The van der Waals surface area contributed by atoms with E-state index in [4.69, 9.17) is 14.2 Å². The molecule has 3 heterocycles. The number of nitrogens with zero attached hydrogens (tertiary/aromatic N) is 2. The maximum Gasteiger partial charge on any atom is 0.407 e. The summed E-state index contributed by atoms with van der Waals surface area (Å²) in [6, 6.07) is 0.431.